The Balaban J connectivity index is 2.02. The molecule has 1 aliphatic heterocycles. The van der Waals surface area contributed by atoms with Crippen LogP contribution in [0.1, 0.15) is 27.7 Å². The van der Waals surface area contributed by atoms with Crippen LogP contribution in [-0.4, -0.2) is 66.5 Å². The molecule has 1 saturated heterocycles. The van der Waals surface area contributed by atoms with E-state index in [0.29, 0.717) is 5.69 Å². The number of hydrogen-bond donors (Lipinski definition) is 1. The predicted molar refractivity (Wildman–Crippen MR) is 111 cm³/mol. The summed E-state index contributed by atoms with van der Waals surface area (Å²) < 4.78 is 6.60. The number of para-hydroxylation sites is 1. The van der Waals surface area contributed by atoms with Gasteiger partial charge in [-0.2, -0.15) is 0 Å². The van der Waals surface area contributed by atoms with Crippen molar-refractivity contribution in [1.82, 2.24) is 9.80 Å². The topological polar surface area (TPSA) is 61.9 Å². The largest absolute Gasteiger partial charge is 0.373 e. The van der Waals surface area contributed by atoms with Gasteiger partial charge in [-0.25, -0.2) is 0 Å². The molecule has 2 amide bonds. The van der Waals surface area contributed by atoms with E-state index in [1.54, 1.807) is 7.05 Å². The third-order valence-electron chi connectivity index (χ3n) is 4.63. The van der Waals surface area contributed by atoms with Gasteiger partial charge in [0, 0.05) is 24.6 Å². The van der Waals surface area contributed by atoms with Crippen LogP contribution >= 0.6 is 15.9 Å². The first-order chi connectivity index (χ1) is 12.7. The lowest BCUT2D eigenvalue weighted by Crippen LogP contribution is -2.57. The fourth-order valence-corrected chi connectivity index (χ4v) is 3.96. The molecular weight excluding hydrogens is 410 g/mol. The number of likely N-dealkylation sites (N-methyl/N-ethyl adjacent to an activating group) is 1. The van der Waals surface area contributed by atoms with E-state index in [4.69, 9.17) is 4.74 Å². The highest BCUT2D eigenvalue weighted by Gasteiger charge is 2.35. The molecule has 1 aliphatic rings. The zero-order valence-corrected chi connectivity index (χ0v) is 18.3. The monoisotopic (exact) mass is 439 g/mol. The number of ether oxygens (including phenoxy) is 1. The molecule has 150 valence electrons. The number of morpholine rings is 1. The van der Waals surface area contributed by atoms with Gasteiger partial charge < -0.3 is 15.0 Å². The Kier molecular flexibility index (Phi) is 7.82. The van der Waals surface area contributed by atoms with Gasteiger partial charge in [0.05, 0.1) is 30.5 Å². The molecule has 27 heavy (non-hydrogen) atoms. The van der Waals surface area contributed by atoms with Crippen LogP contribution in [0.15, 0.2) is 28.7 Å². The first kappa shape index (κ1) is 21.9. The lowest BCUT2D eigenvalue weighted by molar-refractivity contribution is -0.145. The minimum absolute atomic E-state index is 0.0127. The van der Waals surface area contributed by atoms with Crippen LogP contribution in [-0.2, 0) is 14.3 Å². The number of benzene rings is 1. The van der Waals surface area contributed by atoms with Crippen LogP contribution < -0.4 is 5.32 Å². The Hall–Kier alpha value is -1.44. The third-order valence-corrected chi connectivity index (χ3v) is 5.32. The standard InChI is InChI=1S/C20H30BrN3O3/c1-13(2)19(24-10-14(3)27-15(4)11-24)20(26)23(5)12-18(25)22-17-9-7-6-8-16(17)21/h6-9,13-15,19H,10-12H2,1-5H3,(H,22,25). The van der Waals surface area contributed by atoms with Crippen LogP contribution in [0, 0.1) is 5.92 Å². The zero-order valence-electron chi connectivity index (χ0n) is 16.7. The average molecular weight is 440 g/mol. The molecule has 3 atom stereocenters. The van der Waals surface area contributed by atoms with Crippen molar-refractivity contribution in [1.29, 1.82) is 0 Å². The first-order valence-electron chi connectivity index (χ1n) is 9.38. The molecular formula is C20H30BrN3O3. The summed E-state index contributed by atoms with van der Waals surface area (Å²) in [5.41, 5.74) is 0.694. The highest BCUT2D eigenvalue weighted by Crippen LogP contribution is 2.22. The molecule has 7 heteroatoms. The summed E-state index contributed by atoms with van der Waals surface area (Å²) in [6.07, 6.45) is 0.179. The summed E-state index contributed by atoms with van der Waals surface area (Å²) in [5.74, 6) is -0.110. The van der Waals surface area contributed by atoms with Gasteiger partial charge in [0.1, 0.15) is 0 Å². The van der Waals surface area contributed by atoms with Crippen molar-refractivity contribution >= 4 is 33.4 Å². The fraction of sp³-hybridized carbons (Fsp3) is 0.600. The molecule has 1 aromatic rings. The van der Waals surface area contributed by atoms with Crippen molar-refractivity contribution in [2.45, 2.75) is 45.9 Å². The highest BCUT2D eigenvalue weighted by atomic mass is 79.9. The fourth-order valence-electron chi connectivity index (χ4n) is 3.58. The van der Waals surface area contributed by atoms with E-state index in [-0.39, 0.29) is 42.5 Å². The SMILES string of the molecule is CC1CN(C(C(=O)N(C)CC(=O)Nc2ccccc2Br)C(C)C)CC(C)O1. The Morgan fingerprint density at radius 3 is 2.41 bits per heavy atom. The number of rotatable bonds is 6. The lowest BCUT2D eigenvalue weighted by Gasteiger charge is -2.42. The zero-order chi connectivity index (χ0) is 20.1. The summed E-state index contributed by atoms with van der Waals surface area (Å²) >= 11 is 3.41. The van der Waals surface area contributed by atoms with Gasteiger partial charge in [-0.15, -0.1) is 0 Å². The molecule has 2 rings (SSSR count). The normalized spacial score (nSPS) is 21.7. The maximum absolute atomic E-state index is 13.1. The van der Waals surface area contributed by atoms with Crippen LogP contribution in [0.2, 0.25) is 0 Å². The molecule has 0 aromatic heterocycles. The quantitative estimate of drug-likeness (QED) is 0.739. The molecule has 1 heterocycles. The van der Waals surface area contributed by atoms with E-state index >= 15 is 0 Å². The molecule has 3 unspecified atom stereocenters. The summed E-state index contributed by atoms with van der Waals surface area (Å²) in [6.45, 7) is 9.59. The van der Waals surface area contributed by atoms with E-state index in [2.05, 4.69) is 26.1 Å². The Morgan fingerprint density at radius 1 is 1.26 bits per heavy atom. The summed E-state index contributed by atoms with van der Waals surface area (Å²) in [4.78, 5) is 29.2. The van der Waals surface area contributed by atoms with Crippen molar-refractivity contribution in [3.63, 3.8) is 0 Å². The number of nitrogens with zero attached hydrogens (tertiary/aromatic N) is 2. The van der Waals surface area contributed by atoms with Gasteiger partial charge in [-0.3, -0.25) is 14.5 Å². The van der Waals surface area contributed by atoms with Gasteiger partial charge >= 0.3 is 0 Å². The molecule has 0 aliphatic carbocycles. The number of nitrogens with one attached hydrogen (secondary N) is 1. The van der Waals surface area contributed by atoms with Crippen molar-refractivity contribution in [2.24, 2.45) is 5.92 Å². The van der Waals surface area contributed by atoms with Gasteiger partial charge in [-0.1, -0.05) is 26.0 Å². The van der Waals surface area contributed by atoms with Gasteiger partial charge in [0.15, 0.2) is 0 Å². The van der Waals surface area contributed by atoms with Crippen LogP contribution in [0.25, 0.3) is 0 Å². The third kappa shape index (κ3) is 6.02. The number of halogens is 1. The van der Waals surface area contributed by atoms with Crippen LogP contribution in [0.5, 0.6) is 0 Å². The lowest BCUT2D eigenvalue weighted by atomic mass is 9.99. The Bertz CT molecular complexity index is 658. The van der Waals surface area contributed by atoms with Crippen molar-refractivity contribution < 1.29 is 14.3 Å². The number of anilines is 1. The molecule has 1 aromatic carbocycles. The highest BCUT2D eigenvalue weighted by molar-refractivity contribution is 9.10. The Labute approximate surface area is 170 Å². The number of carbonyl (C=O) groups excluding carboxylic acids is 2. The van der Waals surface area contributed by atoms with Gasteiger partial charge in [-0.05, 0) is 47.8 Å². The molecule has 1 N–H and O–H groups in total. The van der Waals surface area contributed by atoms with E-state index in [1.165, 1.54) is 4.90 Å². The molecule has 0 bridgehead atoms. The second kappa shape index (κ2) is 9.66. The van der Waals surface area contributed by atoms with Crippen LogP contribution in [0.4, 0.5) is 5.69 Å². The smallest absolute Gasteiger partial charge is 0.244 e. The number of carbonyl (C=O) groups is 2. The van der Waals surface area contributed by atoms with Crippen LogP contribution in [0.3, 0.4) is 0 Å². The van der Waals surface area contributed by atoms with Crippen molar-refractivity contribution in [2.75, 3.05) is 32.0 Å². The Morgan fingerprint density at radius 2 is 1.85 bits per heavy atom. The maximum Gasteiger partial charge on any atom is 0.244 e. The minimum Gasteiger partial charge on any atom is -0.373 e. The number of amides is 2. The van der Waals surface area contributed by atoms with E-state index in [0.717, 1.165) is 17.6 Å². The van der Waals surface area contributed by atoms with Gasteiger partial charge in [0.25, 0.3) is 0 Å². The summed E-state index contributed by atoms with van der Waals surface area (Å²) in [7, 11) is 1.69. The molecule has 0 radical (unpaired) electrons. The van der Waals surface area contributed by atoms with Crippen molar-refractivity contribution in [3.8, 4) is 0 Å². The second-order valence-electron chi connectivity index (χ2n) is 7.62. The average Bonchev–Trinajstić information content (AvgIpc) is 2.55. The second-order valence-corrected chi connectivity index (χ2v) is 8.48. The van der Waals surface area contributed by atoms with E-state index in [1.807, 2.05) is 52.0 Å². The molecule has 6 nitrogen and oxygen atoms in total. The van der Waals surface area contributed by atoms with Crippen molar-refractivity contribution in [3.05, 3.63) is 28.7 Å². The molecule has 0 saturated carbocycles. The summed E-state index contributed by atoms with van der Waals surface area (Å²) in [5, 5.41) is 2.84. The minimum atomic E-state index is -0.264. The van der Waals surface area contributed by atoms with E-state index < -0.39 is 0 Å². The predicted octanol–water partition coefficient (Wildman–Crippen LogP) is 2.98. The molecule has 1 fully saturated rings. The number of hydrogen-bond acceptors (Lipinski definition) is 4. The maximum atomic E-state index is 13.1. The van der Waals surface area contributed by atoms with E-state index in [9.17, 15) is 9.59 Å². The summed E-state index contributed by atoms with van der Waals surface area (Å²) in [6, 6.07) is 7.15. The molecule has 0 spiro atoms. The first-order valence-corrected chi connectivity index (χ1v) is 10.2. The van der Waals surface area contributed by atoms with Gasteiger partial charge in [0.2, 0.25) is 11.8 Å².